The van der Waals surface area contributed by atoms with Crippen molar-refractivity contribution in [3.8, 4) is 0 Å². The highest BCUT2D eigenvalue weighted by Crippen LogP contribution is 2.24. The average molecular weight is 354 g/mol. The maximum absolute atomic E-state index is 12.2. The molecule has 104 valence electrons. The first-order valence-corrected chi connectivity index (χ1v) is 7.26. The molecular weight excluding hydrogens is 340 g/mol. The summed E-state index contributed by atoms with van der Waals surface area (Å²) in [5.41, 5.74) is 7.60. The van der Waals surface area contributed by atoms with Crippen molar-refractivity contribution in [2.45, 2.75) is 13.0 Å². The Hall–Kier alpha value is -1.52. The molecule has 0 fully saturated rings. The third kappa shape index (κ3) is 3.32. The molecule has 0 aliphatic heterocycles. The lowest BCUT2D eigenvalue weighted by Crippen LogP contribution is -2.26. The lowest BCUT2D eigenvalue weighted by Gasteiger charge is -2.16. The summed E-state index contributed by atoms with van der Waals surface area (Å²) in [5, 5.41) is 3.31. The Morgan fingerprint density at radius 1 is 1.30 bits per heavy atom. The minimum atomic E-state index is -0.185. The summed E-state index contributed by atoms with van der Waals surface area (Å²) in [6, 6.07) is 12.5. The fourth-order valence-corrected chi connectivity index (χ4v) is 2.66. The predicted octanol–water partition coefficient (Wildman–Crippen LogP) is 4.18. The molecular formula is C15H14BrClN2O. The maximum Gasteiger partial charge on any atom is 0.251 e. The topological polar surface area (TPSA) is 55.1 Å². The van der Waals surface area contributed by atoms with Gasteiger partial charge in [-0.15, -0.1) is 0 Å². The van der Waals surface area contributed by atoms with Crippen molar-refractivity contribution >= 4 is 39.1 Å². The second-order valence-corrected chi connectivity index (χ2v) is 5.71. The van der Waals surface area contributed by atoms with E-state index in [1.54, 1.807) is 18.2 Å². The summed E-state index contributed by atoms with van der Waals surface area (Å²) in [6.07, 6.45) is 0. The smallest absolute Gasteiger partial charge is 0.251 e. The Morgan fingerprint density at radius 2 is 2.00 bits per heavy atom. The lowest BCUT2D eigenvalue weighted by atomic mass is 10.1. The zero-order chi connectivity index (χ0) is 14.7. The monoisotopic (exact) mass is 352 g/mol. The van der Waals surface area contributed by atoms with E-state index in [2.05, 4.69) is 21.2 Å². The normalized spacial score (nSPS) is 11.9. The van der Waals surface area contributed by atoms with Gasteiger partial charge < -0.3 is 11.1 Å². The molecule has 0 radical (unpaired) electrons. The first-order valence-electron chi connectivity index (χ1n) is 6.09. The number of halogens is 2. The Labute approximate surface area is 131 Å². The highest BCUT2D eigenvalue weighted by atomic mass is 79.9. The van der Waals surface area contributed by atoms with E-state index in [1.807, 2.05) is 31.2 Å². The van der Waals surface area contributed by atoms with Gasteiger partial charge in [-0.2, -0.15) is 0 Å². The number of carbonyl (C=O) groups excluding carboxylic acids is 1. The van der Waals surface area contributed by atoms with E-state index in [-0.39, 0.29) is 11.9 Å². The minimum Gasteiger partial charge on any atom is -0.398 e. The molecule has 1 amide bonds. The number of hydrogen-bond acceptors (Lipinski definition) is 2. The van der Waals surface area contributed by atoms with Crippen LogP contribution in [0.15, 0.2) is 46.9 Å². The largest absolute Gasteiger partial charge is 0.398 e. The number of benzene rings is 2. The zero-order valence-corrected chi connectivity index (χ0v) is 13.2. The summed E-state index contributed by atoms with van der Waals surface area (Å²) in [4.78, 5) is 12.2. The summed E-state index contributed by atoms with van der Waals surface area (Å²) >= 11 is 9.40. The van der Waals surface area contributed by atoms with Crippen LogP contribution in [0.5, 0.6) is 0 Å². The third-order valence-electron chi connectivity index (χ3n) is 2.98. The van der Waals surface area contributed by atoms with Crippen molar-refractivity contribution in [1.82, 2.24) is 5.32 Å². The van der Waals surface area contributed by atoms with Gasteiger partial charge in [-0.3, -0.25) is 4.79 Å². The number of nitrogen functional groups attached to an aromatic ring is 1. The van der Waals surface area contributed by atoms with Crippen LogP contribution in [0.1, 0.15) is 28.9 Å². The number of nitrogens with one attached hydrogen (secondary N) is 1. The van der Waals surface area contributed by atoms with Gasteiger partial charge in [-0.1, -0.05) is 45.7 Å². The van der Waals surface area contributed by atoms with Gasteiger partial charge in [0.15, 0.2) is 0 Å². The van der Waals surface area contributed by atoms with Gasteiger partial charge in [0.2, 0.25) is 0 Å². The highest BCUT2D eigenvalue weighted by molar-refractivity contribution is 9.10. The molecule has 0 unspecified atom stereocenters. The van der Waals surface area contributed by atoms with Crippen LogP contribution in [-0.2, 0) is 0 Å². The van der Waals surface area contributed by atoms with E-state index < -0.39 is 0 Å². The van der Waals surface area contributed by atoms with Gasteiger partial charge in [0.1, 0.15) is 0 Å². The summed E-state index contributed by atoms with van der Waals surface area (Å²) in [7, 11) is 0. The van der Waals surface area contributed by atoms with Crippen LogP contribution in [0.3, 0.4) is 0 Å². The summed E-state index contributed by atoms with van der Waals surface area (Å²) < 4.78 is 0.961. The van der Waals surface area contributed by atoms with E-state index in [1.165, 1.54) is 0 Å². The van der Waals surface area contributed by atoms with E-state index in [0.717, 1.165) is 10.0 Å². The molecule has 0 saturated carbocycles. The van der Waals surface area contributed by atoms with Crippen molar-refractivity contribution < 1.29 is 4.79 Å². The lowest BCUT2D eigenvalue weighted by molar-refractivity contribution is 0.0940. The van der Waals surface area contributed by atoms with E-state index in [0.29, 0.717) is 16.3 Å². The molecule has 20 heavy (non-hydrogen) atoms. The Morgan fingerprint density at radius 3 is 2.65 bits per heavy atom. The minimum absolute atomic E-state index is 0.116. The van der Waals surface area contributed by atoms with Crippen molar-refractivity contribution in [2.24, 2.45) is 0 Å². The number of amides is 1. The van der Waals surface area contributed by atoms with Gasteiger partial charge in [-0.25, -0.2) is 0 Å². The van der Waals surface area contributed by atoms with E-state index in [9.17, 15) is 4.79 Å². The third-order valence-corrected chi connectivity index (χ3v) is 4.03. The zero-order valence-electron chi connectivity index (χ0n) is 10.9. The molecule has 3 nitrogen and oxygen atoms in total. The van der Waals surface area contributed by atoms with Crippen LogP contribution >= 0.6 is 27.5 Å². The molecule has 2 aromatic carbocycles. The summed E-state index contributed by atoms with van der Waals surface area (Å²) in [5.74, 6) is -0.185. The van der Waals surface area contributed by atoms with Crippen LogP contribution in [0.2, 0.25) is 5.02 Å². The van der Waals surface area contributed by atoms with E-state index >= 15 is 0 Å². The quantitative estimate of drug-likeness (QED) is 0.813. The van der Waals surface area contributed by atoms with Crippen LogP contribution in [0, 0.1) is 0 Å². The van der Waals surface area contributed by atoms with Gasteiger partial charge in [0.05, 0.1) is 16.8 Å². The van der Waals surface area contributed by atoms with Gasteiger partial charge in [0.25, 0.3) is 5.91 Å². The number of carbonyl (C=O) groups is 1. The number of nitrogens with two attached hydrogens (primary N) is 1. The highest BCUT2D eigenvalue weighted by Gasteiger charge is 2.14. The number of hydrogen-bond donors (Lipinski definition) is 2. The van der Waals surface area contributed by atoms with E-state index in [4.69, 9.17) is 17.3 Å². The standard InChI is InChI=1S/C15H14BrClN2O/c1-9(11-4-2-3-5-12(11)16)19-15(20)10-6-7-14(18)13(17)8-10/h2-9H,18H2,1H3,(H,19,20)/t9-/m0/s1. The maximum atomic E-state index is 12.2. The van der Waals surface area contributed by atoms with Crippen molar-refractivity contribution in [1.29, 1.82) is 0 Å². The SMILES string of the molecule is C[C@H](NC(=O)c1ccc(N)c(Cl)c1)c1ccccc1Br. The molecule has 0 aromatic heterocycles. The van der Waals surface area contributed by atoms with Crippen molar-refractivity contribution in [3.05, 3.63) is 63.1 Å². The molecule has 0 heterocycles. The molecule has 1 atom stereocenters. The molecule has 0 bridgehead atoms. The van der Waals surface area contributed by atoms with Gasteiger partial charge in [0, 0.05) is 10.0 Å². The van der Waals surface area contributed by atoms with Crippen LogP contribution in [0.25, 0.3) is 0 Å². The molecule has 0 saturated heterocycles. The fourth-order valence-electron chi connectivity index (χ4n) is 1.85. The first kappa shape index (κ1) is 14.9. The molecule has 2 aromatic rings. The number of anilines is 1. The molecule has 2 rings (SSSR count). The van der Waals surface area contributed by atoms with Gasteiger partial charge >= 0.3 is 0 Å². The molecule has 5 heteroatoms. The summed E-state index contributed by atoms with van der Waals surface area (Å²) in [6.45, 7) is 1.93. The fraction of sp³-hybridized carbons (Fsp3) is 0.133. The average Bonchev–Trinajstić information content (AvgIpc) is 2.42. The Kier molecular flexibility index (Phi) is 4.68. The van der Waals surface area contributed by atoms with Crippen molar-refractivity contribution in [3.63, 3.8) is 0 Å². The van der Waals surface area contributed by atoms with Crippen LogP contribution in [-0.4, -0.2) is 5.91 Å². The van der Waals surface area contributed by atoms with Crippen LogP contribution in [0.4, 0.5) is 5.69 Å². The Bertz CT molecular complexity index is 646. The number of rotatable bonds is 3. The molecule has 0 spiro atoms. The van der Waals surface area contributed by atoms with Crippen LogP contribution < -0.4 is 11.1 Å². The van der Waals surface area contributed by atoms with Gasteiger partial charge in [-0.05, 0) is 36.8 Å². The first-order chi connectivity index (χ1) is 9.49. The van der Waals surface area contributed by atoms with Crippen molar-refractivity contribution in [2.75, 3.05) is 5.73 Å². The molecule has 0 aliphatic carbocycles. The second-order valence-electron chi connectivity index (χ2n) is 4.45. The Balaban J connectivity index is 2.15. The predicted molar refractivity (Wildman–Crippen MR) is 85.9 cm³/mol. The molecule has 3 N–H and O–H groups in total. The second kappa shape index (κ2) is 6.29. The molecule has 0 aliphatic rings.